The van der Waals surface area contributed by atoms with Gasteiger partial charge in [-0.05, 0) is 44.0 Å². The Hall–Kier alpha value is -3.95. The number of rotatable bonds is 6. The number of esters is 1. The van der Waals surface area contributed by atoms with Crippen LogP contribution in [-0.4, -0.2) is 46.9 Å². The number of urea groups is 1. The second-order valence-electron chi connectivity index (χ2n) is 7.43. The molecule has 0 aromatic heterocycles. The zero-order valence-electron chi connectivity index (χ0n) is 17.5. The lowest BCUT2D eigenvalue weighted by molar-refractivity contribution is -0.384. The van der Waals surface area contributed by atoms with Crippen LogP contribution in [0, 0.1) is 16.0 Å². The van der Waals surface area contributed by atoms with Crippen LogP contribution >= 0.6 is 0 Å². The molecule has 2 N–H and O–H groups in total. The fourth-order valence-electron chi connectivity index (χ4n) is 3.28. The molecule has 0 unspecified atom stereocenters. The highest BCUT2D eigenvalue weighted by Crippen LogP contribution is 2.21. The first-order valence-electron chi connectivity index (χ1n) is 10.2. The summed E-state index contributed by atoms with van der Waals surface area (Å²) in [5.74, 6) is -1.42. The highest BCUT2D eigenvalue weighted by molar-refractivity contribution is 5.95. The van der Waals surface area contributed by atoms with E-state index in [-0.39, 0.29) is 11.7 Å². The molecule has 1 fully saturated rings. The lowest BCUT2D eigenvalue weighted by Crippen LogP contribution is -2.43. The molecule has 32 heavy (non-hydrogen) atoms. The number of nitrogens with zero attached hydrogens (tertiary/aromatic N) is 2. The third-order valence-corrected chi connectivity index (χ3v) is 5.15. The molecule has 1 aliphatic rings. The number of amides is 3. The Balaban J connectivity index is 1.44. The van der Waals surface area contributed by atoms with Gasteiger partial charge >= 0.3 is 12.0 Å². The lowest BCUT2D eigenvalue weighted by Gasteiger charge is -2.31. The topological polar surface area (TPSA) is 131 Å². The van der Waals surface area contributed by atoms with E-state index in [0.29, 0.717) is 37.3 Å². The van der Waals surface area contributed by atoms with Gasteiger partial charge in [-0.15, -0.1) is 0 Å². The van der Waals surface area contributed by atoms with Crippen LogP contribution in [0.3, 0.4) is 0 Å². The fourth-order valence-corrected chi connectivity index (χ4v) is 3.28. The Kier molecular flexibility index (Phi) is 7.37. The number of nitro groups is 1. The second kappa shape index (κ2) is 10.4. The van der Waals surface area contributed by atoms with Gasteiger partial charge < -0.3 is 20.3 Å². The molecule has 168 valence electrons. The van der Waals surface area contributed by atoms with Gasteiger partial charge in [0.15, 0.2) is 6.10 Å². The van der Waals surface area contributed by atoms with Crippen LogP contribution in [0.2, 0.25) is 0 Å². The Bertz CT molecular complexity index is 972. The van der Waals surface area contributed by atoms with Crippen LogP contribution in [0.25, 0.3) is 0 Å². The van der Waals surface area contributed by atoms with Crippen molar-refractivity contribution in [2.75, 3.05) is 23.7 Å². The molecule has 10 nitrogen and oxygen atoms in total. The van der Waals surface area contributed by atoms with Crippen molar-refractivity contribution in [3.05, 3.63) is 64.7 Å². The maximum Gasteiger partial charge on any atom is 0.321 e. The smallest absolute Gasteiger partial charge is 0.321 e. The number of para-hydroxylation sites is 1. The minimum absolute atomic E-state index is 0.0914. The van der Waals surface area contributed by atoms with Gasteiger partial charge in [-0.3, -0.25) is 19.7 Å². The maximum absolute atomic E-state index is 12.5. The molecule has 0 aliphatic carbocycles. The molecular weight excluding hydrogens is 416 g/mol. The Morgan fingerprint density at radius 3 is 2.19 bits per heavy atom. The van der Waals surface area contributed by atoms with E-state index < -0.39 is 28.8 Å². The number of nitro benzene ring substituents is 1. The summed E-state index contributed by atoms with van der Waals surface area (Å²) >= 11 is 0. The molecule has 10 heteroatoms. The van der Waals surface area contributed by atoms with Crippen molar-refractivity contribution in [2.45, 2.75) is 25.9 Å². The van der Waals surface area contributed by atoms with E-state index in [0.717, 1.165) is 0 Å². The third-order valence-electron chi connectivity index (χ3n) is 5.15. The quantitative estimate of drug-likeness (QED) is 0.402. The zero-order valence-corrected chi connectivity index (χ0v) is 17.5. The summed E-state index contributed by atoms with van der Waals surface area (Å²) in [4.78, 5) is 48.9. The van der Waals surface area contributed by atoms with Gasteiger partial charge in [0.2, 0.25) is 0 Å². The van der Waals surface area contributed by atoms with Crippen LogP contribution in [0.15, 0.2) is 54.6 Å². The second-order valence-corrected chi connectivity index (χ2v) is 7.43. The molecule has 2 aromatic rings. The summed E-state index contributed by atoms with van der Waals surface area (Å²) in [5.41, 5.74) is 0.972. The number of carbonyl (C=O) groups is 3. The van der Waals surface area contributed by atoms with Gasteiger partial charge in [-0.2, -0.15) is 0 Å². The van der Waals surface area contributed by atoms with E-state index in [1.165, 1.54) is 31.2 Å². The number of carbonyl (C=O) groups excluding carboxylic acids is 3. The van der Waals surface area contributed by atoms with Crippen molar-refractivity contribution in [1.82, 2.24) is 4.90 Å². The van der Waals surface area contributed by atoms with E-state index in [1.807, 2.05) is 18.2 Å². The normalized spacial score (nSPS) is 14.8. The first kappa shape index (κ1) is 22.7. The van der Waals surface area contributed by atoms with Crippen LogP contribution in [0.1, 0.15) is 19.8 Å². The predicted molar refractivity (Wildman–Crippen MR) is 117 cm³/mol. The third kappa shape index (κ3) is 6.03. The van der Waals surface area contributed by atoms with Crippen molar-refractivity contribution in [3.63, 3.8) is 0 Å². The number of ether oxygens (including phenoxy) is 1. The average Bonchev–Trinajstić information content (AvgIpc) is 2.80. The number of non-ortho nitro benzene ring substituents is 1. The molecule has 0 radical (unpaired) electrons. The number of nitrogens with one attached hydrogen (secondary N) is 2. The number of piperidine rings is 1. The van der Waals surface area contributed by atoms with Crippen molar-refractivity contribution in [3.8, 4) is 0 Å². The monoisotopic (exact) mass is 440 g/mol. The van der Waals surface area contributed by atoms with Crippen LogP contribution < -0.4 is 10.6 Å². The average molecular weight is 440 g/mol. The molecule has 3 rings (SSSR count). The van der Waals surface area contributed by atoms with E-state index >= 15 is 0 Å². The largest absolute Gasteiger partial charge is 0.452 e. The molecule has 0 saturated carbocycles. The van der Waals surface area contributed by atoms with Crippen molar-refractivity contribution < 1.29 is 24.0 Å². The Labute approximate surface area is 184 Å². The van der Waals surface area contributed by atoms with Crippen LogP contribution in [0.5, 0.6) is 0 Å². The zero-order chi connectivity index (χ0) is 23.1. The molecule has 0 spiro atoms. The lowest BCUT2D eigenvalue weighted by atomic mass is 9.97. The van der Waals surface area contributed by atoms with E-state index in [1.54, 1.807) is 17.0 Å². The number of hydrogen-bond acceptors (Lipinski definition) is 6. The summed E-state index contributed by atoms with van der Waals surface area (Å²) in [6.07, 6.45) is -0.146. The minimum atomic E-state index is -1.03. The highest BCUT2D eigenvalue weighted by atomic mass is 16.6. The number of hydrogen-bond donors (Lipinski definition) is 2. The van der Waals surface area contributed by atoms with Gasteiger partial charge in [0.25, 0.3) is 11.6 Å². The molecule has 3 amide bonds. The minimum Gasteiger partial charge on any atom is -0.452 e. The molecular formula is C22H24N4O6. The van der Waals surface area contributed by atoms with Crippen molar-refractivity contribution in [2.24, 2.45) is 5.92 Å². The first-order chi connectivity index (χ1) is 15.3. The van der Waals surface area contributed by atoms with Crippen LogP contribution in [-0.2, 0) is 14.3 Å². The number of benzene rings is 2. The van der Waals surface area contributed by atoms with Gasteiger partial charge in [-0.25, -0.2) is 4.79 Å². The molecule has 1 heterocycles. The van der Waals surface area contributed by atoms with Gasteiger partial charge in [0.1, 0.15) is 0 Å². The van der Waals surface area contributed by atoms with E-state index in [4.69, 9.17) is 4.74 Å². The van der Waals surface area contributed by atoms with E-state index in [2.05, 4.69) is 10.6 Å². The standard InChI is InChI=1S/C22H24N4O6/c1-15(20(27)23-18-7-9-19(10-8-18)26(30)31)32-21(28)16-11-13-25(14-12-16)22(29)24-17-5-3-2-4-6-17/h2-10,15-16H,11-14H2,1H3,(H,23,27)(H,24,29)/t15-/m1/s1. The summed E-state index contributed by atoms with van der Waals surface area (Å²) in [7, 11) is 0. The van der Waals surface area contributed by atoms with Gasteiger partial charge in [0.05, 0.1) is 10.8 Å². The molecule has 1 aliphatic heterocycles. The molecule has 2 aromatic carbocycles. The number of likely N-dealkylation sites (tertiary alicyclic amines) is 1. The van der Waals surface area contributed by atoms with Crippen molar-refractivity contribution in [1.29, 1.82) is 0 Å². The summed E-state index contributed by atoms with van der Waals surface area (Å²) < 4.78 is 5.30. The summed E-state index contributed by atoms with van der Waals surface area (Å²) in [6, 6.07) is 14.2. The highest BCUT2D eigenvalue weighted by Gasteiger charge is 2.30. The maximum atomic E-state index is 12.5. The van der Waals surface area contributed by atoms with E-state index in [9.17, 15) is 24.5 Å². The molecule has 1 saturated heterocycles. The van der Waals surface area contributed by atoms with Gasteiger partial charge in [-0.1, -0.05) is 18.2 Å². The van der Waals surface area contributed by atoms with Crippen LogP contribution in [0.4, 0.5) is 21.9 Å². The Morgan fingerprint density at radius 1 is 1.00 bits per heavy atom. The predicted octanol–water partition coefficient (Wildman–Crippen LogP) is 3.41. The molecule has 1 atom stereocenters. The first-order valence-corrected chi connectivity index (χ1v) is 10.2. The fraction of sp³-hybridized carbons (Fsp3) is 0.318. The summed E-state index contributed by atoms with van der Waals surface area (Å²) in [5, 5.41) is 16.1. The Morgan fingerprint density at radius 2 is 1.59 bits per heavy atom. The van der Waals surface area contributed by atoms with Gasteiger partial charge in [0, 0.05) is 36.6 Å². The summed E-state index contributed by atoms with van der Waals surface area (Å²) in [6.45, 7) is 2.27. The SMILES string of the molecule is C[C@@H](OC(=O)C1CCN(C(=O)Nc2ccccc2)CC1)C(=O)Nc1ccc([N+](=O)[O-])cc1. The van der Waals surface area contributed by atoms with Crippen molar-refractivity contribution >= 4 is 35.0 Å². The number of anilines is 2. The molecule has 0 bridgehead atoms.